The Morgan fingerprint density at radius 2 is 2.23 bits per heavy atom. The molecule has 114 valence electrons. The minimum absolute atomic E-state index is 0.482. The second kappa shape index (κ2) is 5.03. The van der Waals surface area contributed by atoms with Crippen LogP contribution >= 0.6 is 0 Å². The average Bonchev–Trinajstić information content (AvgIpc) is 2.89. The number of allylic oxidation sites excluding steroid dienone is 2. The predicted molar refractivity (Wildman–Crippen MR) is 91.0 cm³/mol. The molecule has 1 unspecified atom stereocenters. The standard InChI is InChI=1S/C19H22N2O/c1-4-13-10-21-8-7-15(13)12(2)19-17(11-21)16-9-14(22-3)5-6-18(16)20-19/h4-6,9,15,20H,2,7-8,10-11H2,1,3H3/t15-/m0/s1. The Morgan fingerprint density at radius 1 is 1.36 bits per heavy atom. The number of piperidine rings is 1. The van der Waals surface area contributed by atoms with Crippen LogP contribution in [0.25, 0.3) is 16.5 Å². The fraction of sp³-hybridized carbons (Fsp3) is 0.368. The van der Waals surface area contributed by atoms with Crippen molar-refractivity contribution in [3.8, 4) is 5.75 Å². The maximum absolute atomic E-state index is 5.40. The van der Waals surface area contributed by atoms with E-state index in [1.54, 1.807) is 7.11 Å². The lowest BCUT2D eigenvalue weighted by molar-refractivity contribution is 0.238. The Hall–Kier alpha value is -2.00. The molecule has 3 heteroatoms. The van der Waals surface area contributed by atoms with Gasteiger partial charge in [0.05, 0.1) is 7.11 Å². The topological polar surface area (TPSA) is 28.3 Å². The van der Waals surface area contributed by atoms with Crippen LogP contribution in [-0.2, 0) is 6.54 Å². The molecule has 1 fully saturated rings. The van der Waals surface area contributed by atoms with Crippen molar-refractivity contribution in [1.29, 1.82) is 0 Å². The molecule has 5 rings (SSSR count). The van der Waals surface area contributed by atoms with Crippen LogP contribution < -0.4 is 4.74 Å². The molecule has 4 heterocycles. The number of benzene rings is 1. The molecule has 2 bridgehead atoms. The molecule has 3 aliphatic heterocycles. The van der Waals surface area contributed by atoms with Crippen molar-refractivity contribution in [2.75, 3.05) is 20.2 Å². The smallest absolute Gasteiger partial charge is 0.119 e. The van der Waals surface area contributed by atoms with Crippen molar-refractivity contribution in [2.45, 2.75) is 19.9 Å². The number of rotatable bonds is 1. The van der Waals surface area contributed by atoms with Crippen LogP contribution in [0.15, 0.2) is 36.4 Å². The largest absolute Gasteiger partial charge is 0.497 e. The lowest BCUT2D eigenvalue weighted by Gasteiger charge is -2.38. The van der Waals surface area contributed by atoms with Crippen LogP contribution in [0.1, 0.15) is 24.6 Å². The lowest BCUT2D eigenvalue weighted by atomic mass is 9.81. The minimum atomic E-state index is 0.482. The normalized spacial score (nSPS) is 26.1. The van der Waals surface area contributed by atoms with E-state index in [1.165, 1.54) is 39.7 Å². The third-order valence-corrected chi connectivity index (χ3v) is 5.20. The monoisotopic (exact) mass is 294 g/mol. The van der Waals surface area contributed by atoms with Gasteiger partial charge in [-0.2, -0.15) is 0 Å². The van der Waals surface area contributed by atoms with E-state index in [0.29, 0.717) is 5.92 Å². The number of methoxy groups -OCH3 is 1. The van der Waals surface area contributed by atoms with Gasteiger partial charge in [-0.05, 0) is 49.2 Å². The summed E-state index contributed by atoms with van der Waals surface area (Å²) in [5.41, 5.74) is 6.54. The number of aromatic amines is 1. The highest BCUT2D eigenvalue weighted by Gasteiger charge is 2.32. The number of fused-ring (bicyclic) bond motifs is 3. The zero-order valence-electron chi connectivity index (χ0n) is 13.3. The summed E-state index contributed by atoms with van der Waals surface area (Å²) in [6, 6.07) is 6.27. The van der Waals surface area contributed by atoms with E-state index in [2.05, 4.69) is 41.6 Å². The van der Waals surface area contributed by atoms with E-state index < -0.39 is 0 Å². The molecule has 0 saturated carbocycles. The van der Waals surface area contributed by atoms with Crippen LogP contribution in [0.4, 0.5) is 0 Å². The number of aromatic nitrogens is 1. The molecule has 2 atom stereocenters. The fourth-order valence-electron chi connectivity index (χ4n) is 3.96. The molecular weight excluding hydrogens is 272 g/mol. The maximum atomic E-state index is 5.40. The van der Waals surface area contributed by atoms with Gasteiger partial charge >= 0.3 is 0 Å². The maximum Gasteiger partial charge on any atom is 0.119 e. The summed E-state index contributed by atoms with van der Waals surface area (Å²) in [6.45, 7) is 9.79. The Bertz CT molecular complexity index is 784. The summed E-state index contributed by atoms with van der Waals surface area (Å²) in [7, 11) is 1.72. The highest BCUT2D eigenvalue weighted by atomic mass is 16.5. The van der Waals surface area contributed by atoms with E-state index in [-0.39, 0.29) is 0 Å². The molecule has 3 aliphatic rings. The van der Waals surface area contributed by atoms with Gasteiger partial charge in [-0.15, -0.1) is 0 Å². The average molecular weight is 294 g/mol. The first-order chi connectivity index (χ1) is 10.7. The Balaban J connectivity index is 1.92. The molecule has 0 radical (unpaired) electrons. The van der Waals surface area contributed by atoms with Crippen LogP contribution in [0.5, 0.6) is 5.75 Å². The number of ether oxygens (including phenoxy) is 1. The van der Waals surface area contributed by atoms with Crippen molar-refractivity contribution < 1.29 is 4.74 Å². The van der Waals surface area contributed by atoms with Crippen molar-refractivity contribution in [2.24, 2.45) is 5.92 Å². The molecule has 3 nitrogen and oxygen atoms in total. The fourth-order valence-corrected chi connectivity index (χ4v) is 3.96. The quantitative estimate of drug-likeness (QED) is 0.806. The second-order valence-electron chi connectivity index (χ2n) is 6.33. The molecular formula is C19H22N2O. The summed E-state index contributed by atoms with van der Waals surface area (Å²) in [4.78, 5) is 6.15. The van der Waals surface area contributed by atoms with Gasteiger partial charge < -0.3 is 9.72 Å². The molecule has 0 amide bonds. The number of nitrogens with zero attached hydrogens (tertiary/aromatic N) is 1. The van der Waals surface area contributed by atoms with E-state index >= 15 is 0 Å². The minimum Gasteiger partial charge on any atom is -0.497 e. The lowest BCUT2D eigenvalue weighted by Crippen LogP contribution is -2.37. The van der Waals surface area contributed by atoms with Crippen LogP contribution in [0, 0.1) is 5.92 Å². The van der Waals surface area contributed by atoms with Gasteiger partial charge in [0.15, 0.2) is 0 Å². The third kappa shape index (κ3) is 1.92. The Kier molecular flexibility index (Phi) is 3.12. The SMILES string of the molecule is C=C1c2[nH]c3ccc(OC)cc3c2CN2CC[C@@H]1C(=CC)C2. The molecule has 22 heavy (non-hydrogen) atoms. The van der Waals surface area contributed by atoms with Crippen LogP contribution in [0.2, 0.25) is 0 Å². The first kappa shape index (κ1) is 13.6. The highest BCUT2D eigenvalue weighted by Crippen LogP contribution is 2.41. The van der Waals surface area contributed by atoms with Gasteiger partial charge in [-0.25, -0.2) is 0 Å². The highest BCUT2D eigenvalue weighted by molar-refractivity contribution is 5.91. The number of hydrogen-bond acceptors (Lipinski definition) is 2. The zero-order chi connectivity index (χ0) is 15.3. The summed E-state index contributed by atoms with van der Waals surface area (Å²) in [5.74, 6) is 1.39. The molecule has 1 aromatic heterocycles. The molecule has 2 aromatic rings. The second-order valence-corrected chi connectivity index (χ2v) is 6.33. The van der Waals surface area contributed by atoms with Crippen molar-refractivity contribution in [1.82, 2.24) is 9.88 Å². The number of hydrogen-bond donors (Lipinski definition) is 1. The predicted octanol–water partition coefficient (Wildman–Crippen LogP) is 3.97. The van der Waals surface area contributed by atoms with E-state index in [1.807, 2.05) is 6.07 Å². The summed E-state index contributed by atoms with van der Waals surface area (Å²) < 4.78 is 5.40. The first-order valence-electron chi connectivity index (χ1n) is 7.96. The van der Waals surface area contributed by atoms with Crippen molar-refractivity contribution in [3.63, 3.8) is 0 Å². The van der Waals surface area contributed by atoms with E-state index in [0.717, 1.165) is 25.4 Å². The molecule has 0 spiro atoms. The summed E-state index contributed by atoms with van der Waals surface area (Å²) in [6.07, 6.45) is 3.45. The molecule has 1 saturated heterocycles. The number of nitrogens with one attached hydrogen (secondary N) is 1. The molecule has 1 N–H and O–H groups in total. The van der Waals surface area contributed by atoms with Crippen LogP contribution in [0.3, 0.4) is 0 Å². The molecule has 0 aliphatic carbocycles. The van der Waals surface area contributed by atoms with Crippen LogP contribution in [-0.4, -0.2) is 30.1 Å². The summed E-state index contributed by atoms with van der Waals surface area (Å²) >= 11 is 0. The third-order valence-electron chi connectivity index (χ3n) is 5.20. The van der Waals surface area contributed by atoms with Gasteiger partial charge in [-0.3, -0.25) is 4.90 Å². The molecule has 1 aromatic carbocycles. The number of H-pyrrole nitrogens is 1. The van der Waals surface area contributed by atoms with Crippen molar-refractivity contribution >= 4 is 16.5 Å². The van der Waals surface area contributed by atoms with Gasteiger partial charge in [0.2, 0.25) is 0 Å². The van der Waals surface area contributed by atoms with E-state index in [9.17, 15) is 0 Å². The summed E-state index contributed by atoms with van der Waals surface area (Å²) in [5, 5.41) is 1.27. The van der Waals surface area contributed by atoms with Gasteiger partial charge in [0.1, 0.15) is 5.75 Å². The Morgan fingerprint density at radius 3 is 3.00 bits per heavy atom. The van der Waals surface area contributed by atoms with Gasteiger partial charge in [-0.1, -0.05) is 18.2 Å². The van der Waals surface area contributed by atoms with Crippen molar-refractivity contribution in [3.05, 3.63) is 47.7 Å². The zero-order valence-corrected chi connectivity index (χ0v) is 13.3. The van der Waals surface area contributed by atoms with Gasteiger partial charge in [0, 0.05) is 35.6 Å². The van der Waals surface area contributed by atoms with Gasteiger partial charge in [0.25, 0.3) is 0 Å². The first-order valence-corrected chi connectivity index (χ1v) is 7.96. The van der Waals surface area contributed by atoms with E-state index in [4.69, 9.17) is 4.74 Å². The Labute approximate surface area is 131 Å².